The van der Waals surface area contributed by atoms with Gasteiger partial charge in [-0.05, 0) is 61.0 Å². The molecule has 0 aliphatic heterocycles. The molecule has 2 aromatic carbocycles. The maximum absolute atomic E-state index is 12.9. The summed E-state index contributed by atoms with van der Waals surface area (Å²) in [5, 5.41) is 0. The van der Waals surface area contributed by atoms with Gasteiger partial charge in [-0.15, -0.1) is 0 Å². The zero-order valence-corrected chi connectivity index (χ0v) is 19.0. The summed E-state index contributed by atoms with van der Waals surface area (Å²) in [6, 6.07) is 11.6. The zero-order valence-electron chi connectivity index (χ0n) is 18.2. The number of ether oxygens (including phenoxy) is 2. The zero-order chi connectivity index (χ0) is 24.9. The van der Waals surface area contributed by atoms with Crippen LogP contribution in [0.2, 0.25) is 0 Å². The van der Waals surface area contributed by atoms with Crippen molar-refractivity contribution in [2.75, 3.05) is 12.9 Å². The number of halogens is 3. The number of alkyl halides is 3. The number of pyridine rings is 1. The highest BCUT2D eigenvalue weighted by atomic mass is 32.2. The molecule has 0 radical (unpaired) electrons. The molecule has 3 aromatic rings. The third kappa shape index (κ3) is 6.47. The Hall–Kier alpha value is -3.60. The predicted molar refractivity (Wildman–Crippen MR) is 119 cm³/mol. The molecule has 0 atom stereocenters. The number of benzene rings is 2. The number of hydrogen-bond acceptors (Lipinski definition) is 6. The van der Waals surface area contributed by atoms with Gasteiger partial charge in [-0.3, -0.25) is 4.79 Å². The molecule has 0 fully saturated rings. The van der Waals surface area contributed by atoms with Crippen LogP contribution < -0.4 is 14.2 Å². The van der Waals surface area contributed by atoms with E-state index in [-0.39, 0.29) is 22.9 Å². The average Bonchev–Trinajstić information content (AvgIpc) is 2.77. The minimum Gasteiger partial charge on any atom is -0.477 e. The van der Waals surface area contributed by atoms with Crippen LogP contribution in [0.4, 0.5) is 13.2 Å². The summed E-state index contributed by atoms with van der Waals surface area (Å²) in [7, 11) is -3.80. The molecular formula is C23H21F3N2O5S. The summed E-state index contributed by atoms with van der Waals surface area (Å²) in [5.74, 6) is -0.278. The fourth-order valence-corrected chi connectivity index (χ4v) is 3.40. The van der Waals surface area contributed by atoms with Gasteiger partial charge in [0.1, 0.15) is 11.5 Å². The van der Waals surface area contributed by atoms with E-state index in [9.17, 15) is 26.4 Å². The number of sulfonamides is 1. The maximum Gasteiger partial charge on any atom is 0.416 e. The number of rotatable bonds is 8. The molecule has 0 aliphatic rings. The molecule has 0 spiro atoms. The van der Waals surface area contributed by atoms with Crippen LogP contribution in [0.15, 0.2) is 60.8 Å². The molecule has 34 heavy (non-hydrogen) atoms. The standard InChI is InChI=1S/C23H21F3N2O5S/c1-3-13-32-22-18(5-4-12-27-22)19-14-15(21(29)28-34(2,30)31)6-11-20(19)33-17-9-7-16(8-10-17)23(24,25)26/h4-12,14H,3,13H2,1-2H3,(H,28,29). The smallest absolute Gasteiger partial charge is 0.416 e. The Morgan fingerprint density at radius 1 is 1.06 bits per heavy atom. The van der Waals surface area contributed by atoms with Crippen LogP contribution >= 0.6 is 0 Å². The molecule has 7 nitrogen and oxygen atoms in total. The fraction of sp³-hybridized carbons (Fsp3) is 0.217. The van der Waals surface area contributed by atoms with E-state index in [1.165, 1.54) is 36.5 Å². The second-order valence-electron chi connectivity index (χ2n) is 7.24. The number of nitrogens with one attached hydrogen (secondary N) is 1. The molecule has 1 amide bonds. The number of nitrogens with zero attached hydrogens (tertiary/aromatic N) is 1. The number of carbonyl (C=O) groups is 1. The molecule has 11 heteroatoms. The Morgan fingerprint density at radius 3 is 2.38 bits per heavy atom. The highest BCUT2D eigenvalue weighted by Crippen LogP contribution is 2.39. The highest BCUT2D eigenvalue weighted by Gasteiger charge is 2.30. The Bertz CT molecular complexity index is 1280. The molecular weight excluding hydrogens is 473 g/mol. The van der Waals surface area contributed by atoms with Crippen molar-refractivity contribution in [3.8, 4) is 28.5 Å². The van der Waals surface area contributed by atoms with E-state index in [0.29, 0.717) is 24.2 Å². The largest absolute Gasteiger partial charge is 0.477 e. The van der Waals surface area contributed by atoms with Crippen LogP contribution in [0.1, 0.15) is 29.3 Å². The second-order valence-corrected chi connectivity index (χ2v) is 8.99. The molecule has 0 saturated carbocycles. The number of aromatic nitrogens is 1. The number of carbonyl (C=O) groups excluding carboxylic acids is 1. The van der Waals surface area contributed by atoms with E-state index >= 15 is 0 Å². The van der Waals surface area contributed by atoms with Crippen LogP contribution in [0.5, 0.6) is 17.4 Å². The molecule has 0 aliphatic carbocycles. The van der Waals surface area contributed by atoms with Gasteiger partial charge in [-0.1, -0.05) is 6.92 Å². The average molecular weight is 494 g/mol. The van der Waals surface area contributed by atoms with E-state index < -0.39 is 27.7 Å². The van der Waals surface area contributed by atoms with Crippen LogP contribution in [-0.4, -0.2) is 32.2 Å². The lowest BCUT2D eigenvalue weighted by molar-refractivity contribution is -0.137. The van der Waals surface area contributed by atoms with Gasteiger partial charge < -0.3 is 9.47 Å². The van der Waals surface area contributed by atoms with E-state index in [1.54, 1.807) is 12.1 Å². The SMILES string of the molecule is CCCOc1ncccc1-c1cc(C(=O)NS(C)(=O)=O)ccc1Oc1ccc(C(F)(F)F)cc1. The molecule has 1 aromatic heterocycles. The molecule has 1 N–H and O–H groups in total. The quantitative estimate of drug-likeness (QED) is 0.472. The number of amides is 1. The van der Waals surface area contributed by atoms with Gasteiger partial charge in [-0.2, -0.15) is 13.2 Å². The Labute approximate surface area is 194 Å². The lowest BCUT2D eigenvalue weighted by atomic mass is 10.0. The molecule has 1 heterocycles. The second kappa shape index (κ2) is 10.1. The van der Waals surface area contributed by atoms with E-state index in [2.05, 4.69) is 4.98 Å². The van der Waals surface area contributed by atoms with Crippen LogP contribution in [0.25, 0.3) is 11.1 Å². The van der Waals surface area contributed by atoms with Crippen LogP contribution in [0.3, 0.4) is 0 Å². The van der Waals surface area contributed by atoms with Gasteiger partial charge in [-0.25, -0.2) is 18.1 Å². The van der Waals surface area contributed by atoms with Gasteiger partial charge in [0.2, 0.25) is 15.9 Å². The lowest BCUT2D eigenvalue weighted by Crippen LogP contribution is -2.29. The first-order valence-corrected chi connectivity index (χ1v) is 12.0. The van der Waals surface area contributed by atoms with Crippen molar-refractivity contribution in [3.05, 3.63) is 71.9 Å². The van der Waals surface area contributed by atoms with Crippen molar-refractivity contribution in [1.29, 1.82) is 0 Å². The van der Waals surface area contributed by atoms with Gasteiger partial charge in [0.25, 0.3) is 5.91 Å². The van der Waals surface area contributed by atoms with Crippen molar-refractivity contribution < 1.29 is 35.9 Å². The molecule has 0 saturated heterocycles. The van der Waals surface area contributed by atoms with Crippen molar-refractivity contribution in [1.82, 2.24) is 9.71 Å². The topological polar surface area (TPSA) is 94.6 Å². The minimum absolute atomic E-state index is 0.0190. The van der Waals surface area contributed by atoms with Crippen molar-refractivity contribution in [2.24, 2.45) is 0 Å². The summed E-state index contributed by atoms with van der Waals surface area (Å²) in [6.07, 6.45) is -1.40. The van der Waals surface area contributed by atoms with Gasteiger partial charge in [0.05, 0.1) is 18.4 Å². The fourth-order valence-electron chi connectivity index (χ4n) is 2.95. The van der Waals surface area contributed by atoms with E-state index in [0.717, 1.165) is 18.4 Å². The van der Waals surface area contributed by atoms with E-state index in [1.807, 2.05) is 11.6 Å². The lowest BCUT2D eigenvalue weighted by Gasteiger charge is -2.16. The van der Waals surface area contributed by atoms with E-state index in [4.69, 9.17) is 9.47 Å². The summed E-state index contributed by atoms with van der Waals surface area (Å²) in [6.45, 7) is 2.28. The summed E-state index contributed by atoms with van der Waals surface area (Å²) in [5.41, 5.74) is -0.0204. The third-order valence-electron chi connectivity index (χ3n) is 4.43. The highest BCUT2D eigenvalue weighted by molar-refractivity contribution is 7.89. The van der Waals surface area contributed by atoms with Crippen molar-refractivity contribution in [3.63, 3.8) is 0 Å². The van der Waals surface area contributed by atoms with Crippen LogP contribution in [-0.2, 0) is 16.2 Å². The molecule has 0 bridgehead atoms. The van der Waals surface area contributed by atoms with Crippen molar-refractivity contribution in [2.45, 2.75) is 19.5 Å². The monoisotopic (exact) mass is 494 g/mol. The Balaban J connectivity index is 2.06. The molecule has 180 valence electrons. The normalized spacial score (nSPS) is 11.7. The first-order chi connectivity index (χ1) is 16.0. The molecule has 3 rings (SSSR count). The Kier molecular flexibility index (Phi) is 7.45. The number of hydrogen-bond donors (Lipinski definition) is 1. The first-order valence-electron chi connectivity index (χ1n) is 10.1. The molecule has 0 unspecified atom stereocenters. The van der Waals surface area contributed by atoms with Gasteiger partial charge in [0.15, 0.2) is 0 Å². The van der Waals surface area contributed by atoms with Gasteiger partial charge in [0, 0.05) is 22.9 Å². The third-order valence-corrected chi connectivity index (χ3v) is 4.99. The summed E-state index contributed by atoms with van der Waals surface area (Å²) < 4.78 is 75.0. The first kappa shape index (κ1) is 25.0. The maximum atomic E-state index is 12.9. The van der Waals surface area contributed by atoms with Crippen molar-refractivity contribution >= 4 is 15.9 Å². The predicted octanol–water partition coefficient (Wildman–Crippen LogP) is 5.04. The Morgan fingerprint density at radius 2 is 1.76 bits per heavy atom. The summed E-state index contributed by atoms with van der Waals surface area (Å²) >= 11 is 0. The van der Waals surface area contributed by atoms with Crippen LogP contribution in [0, 0.1) is 0 Å². The minimum atomic E-state index is -4.49. The van der Waals surface area contributed by atoms with Gasteiger partial charge >= 0.3 is 6.18 Å². The summed E-state index contributed by atoms with van der Waals surface area (Å²) in [4.78, 5) is 16.6.